The van der Waals surface area contributed by atoms with Crippen LogP contribution in [0, 0.1) is 0 Å². The van der Waals surface area contributed by atoms with E-state index in [0.29, 0.717) is 16.3 Å². The molecule has 0 radical (unpaired) electrons. The number of alkyl halides is 3. The maximum absolute atomic E-state index is 13.4. The monoisotopic (exact) mass is 599 g/mol. The molecule has 1 heterocycles. The highest BCUT2D eigenvalue weighted by atomic mass is 35.5. The molecule has 0 aliphatic heterocycles. The first kappa shape index (κ1) is 31.0. The molecular weight excluding hydrogens is 567 g/mol. The average molecular weight is 600 g/mol. The number of hydrogen-bond acceptors (Lipinski definition) is 3. The van der Waals surface area contributed by atoms with Crippen molar-refractivity contribution >= 4 is 40.1 Å². The minimum Gasteiger partial charge on any atom is -0.481 e. The third-order valence-electron chi connectivity index (χ3n) is 6.98. The fourth-order valence-corrected chi connectivity index (χ4v) is 5.05. The van der Waals surface area contributed by atoms with E-state index in [-0.39, 0.29) is 18.9 Å². The lowest BCUT2D eigenvalue weighted by Crippen LogP contribution is -2.25. The van der Waals surface area contributed by atoms with E-state index in [2.05, 4.69) is 10.6 Å². The van der Waals surface area contributed by atoms with Gasteiger partial charge in [-0.1, -0.05) is 36.9 Å². The van der Waals surface area contributed by atoms with Crippen molar-refractivity contribution in [3.05, 3.63) is 94.6 Å². The molecule has 4 rings (SSSR count). The fourth-order valence-electron chi connectivity index (χ4n) is 4.87. The summed E-state index contributed by atoms with van der Waals surface area (Å²) in [4.78, 5) is 22.6. The number of nitrogens with zero attached hydrogens (tertiary/aromatic N) is 1. The van der Waals surface area contributed by atoms with Gasteiger partial charge in [-0.05, 0) is 86.0 Å². The molecule has 222 valence electrons. The molecule has 3 N–H and O–H groups in total. The van der Waals surface area contributed by atoms with E-state index in [1.165, 1.54) is 12.1 Å². The van der Waals surface area contributed by atoms with Crippen LogP contribution in [-0.2, 0) is 17.4 Å². The van der Waals surface area contributed by atoms with Crippen molar-refractivity contribution < 1.29 is 27.9 Å². The summed E-state index contributed by atoms with van der Waals surface area (Å²) in [5.41, 5.74) is 2.96. The lowest BCUT2D eigenvalue weighted by atomic mass is 10.1. The van der Waals surface area contributed by atoms with Crippen LogP contribution in [0.3, 0.4) is 0 Å². The predicted octanol–water partition coefficient (Wildman–Crippen LogP) is 8.11. The fraction of sp³-hybridized carbons (Fsp3) is 0.312. The van der Waals surface area contributed by atoms with Gasteiger partial charge in [-0.3, -0.25) is 9.59 Å². The zero-order valence-electron chi connectivity index (χ0n) is 23.0. The van der Waals surface area contributed by atoms with Gasteiger partial charge in [0.1, 0.15) is 0 Å². The lowest BCUT2D eigenvalue weighted by Gasteiger charge is -2.14. The number of aryl methyl sites for hydroxylation is 1. The number of rotatable bonds is 14. The number of hydrogen-bond donors (Lipinski definition) is 3. The topological polar surface area (TPSA) is 83.4 Å². The van der Waals surface area contributed by atoms with E-state index in [9.17, 15) is 22.8 Å². The molecule has 1 aromatic heterocycles. The Hall–Kier alpha value is -3.98. The summed E-state index contributed by atoms with van der Waals surface area (Å²) in [6.07, 6.45) is 1.14. The lowest BCUT2D eigenvalue weighted by molar-refractivity contribution is -0.138. The molecule has 42 heavy (non-hydrogen) atoms. The minimum atomic E-state index is -4.41. The molecule has 0 saturated carbocycles. The summed E-state index contributed by atoms with van der Waals surface area (Å²) in [6.45, 7) is 0.872. The number of carbonyl (C=O) groups is 2. The van der Waals surface area contributed by atoms with Crippen LogP contribution in [0.1, 0.15) is 60.1 Å². The van der Waals surface area contributed by atoms with Crippen LogP contribution in [0.2, 0.25) is 5.02 Å². The average Bonchev–Trinajstić information content (AvgIpc) is 3.31. The second-order valence-electron chi connectivity index (χ2n) is 10.1. The predicted molar refractivity (Wildman–Crippen MR) is 160 cm³/mol. The number of amides is 1. The molecule has 0 saturated heterocycles. The molecule has 3 aromatic carbocycles. The van der Waals surface area contributed by atoms with Gasteiger partial charge >= 0.3 is 12.1 Å². The van der Waals surface area contributed by atoms with Crippen molar-refractivity contribution in [2.75, 3.05) is 18.4 Å². The van der Waals surface area contributed by atoms with Crippen LogP contribution < -0.4 is 10.6 Å². The molecule has 10 heteroatoms. The molecule has 4 aromatic rings. The third kappa shape index (κ3) is 8.52. The number of fused-ring (bicyclic) bond motifs is 1. The van der Waals surface area contributed by atoms with Gasteiger partial charge in [0.15, 0.2) is 0 Å². The number of aliphatic carboxylic acids is 1. The summed E-state index contributed by atoms with van der Waals surface area (Å²) in [7, 11) is 0. The van der Waals surface area contributed by atoms with Crippen molar-refractivity contribution in [3.63, 3.8) is 0 Å². The van der Waals surface area contributed by atoms with Crippen LogP contribution in [0.25, 0.3) is 16.6 Å². The second kappa shape index (κ2) is 14.3. The molecule has 0 aliphatic carbocycles. The van der Waals surface area contributed by atoms with Crippen molar-refractivity contribution in [2.45, 2.75) is 51.1 Å². The van der Waals surface area contributed by atoms with E-state index in [0.717, 1.165) is 73.4 Å². The molecule has 0 unspecified atom stereocenters. The molecular formula is C32H33ClF3N3O3. The maximum Gasteiger partial charge on any atom is 0.416 e. The molecule has 1 amide bonds. The first-order valence-electron chi connectivity index (χ1n) is 13.9. The van der Waals surface area contributed by atoms with E-state index >= 15 is 0 Å². The Kier molecular flexibility index (Phi) is 10.5. The van der Waals surface area contributed by atoms with Crippen molar-refractivity contribution in [1.82, 2.24) is 9.88 Å². The zero-order chi connectivity index (χ0) is 30.1. The molecule has 0 atom stereocenters. The minimum absolute atomic E-state index is 0.0857. The van der Waals surface area contributed by atoms with E-state index in [1.807, 2.05) is 34.9 Å². The highest BCUT2D eigenvalue weighted by Gasteiger charge is 2.30. The summed E-state index contributed by atoms with van der Waals surface area (Å²) in [6, 6.07) is 19.9. The van der Waals surface area contributed by atoms with Gasteiger partial charge in [0, 0.05) is 46.1 Å². The van der Waals surface area contributed by atoms with Crippen LogP contribution in [-0.4, -0.2) is 34.6 Å². The molecule has 0 spiro atoms. The van der Waals surface area contributed by atoms with Gasteiger partial charge < -0.3 is 20.3 Å². The van der Waals surface area contributed by atoms with Crippen molar-refractivity contribution in [2.24, 2.45) is 0 Å². The molecule has 0 fully saturated rings. The van der Waals surface area contributed by atoms with E-state index in [1.54, 1.807) is 24.3 Å². The van der Waals surface area contributed by atoms with Crippen LogP contribution in [0.4, 0.5) is 18.9 Å². The number of nitrogens with one attached hydrogen (secondary N) is 2. The van der Waals surface area contributed by atoms with E-state index < -0.39 is 17.7 Å². The Morgan fingerprint density at radius 3 is 2.33 bits per heavy atom. The highest BCUT2D eigenvalue weighted by molar-refractivity contribution is 6.31. The number of benzene rings is 3. The Bertz CT molecular complexity index is 1520. The number of carboxylic acids is 1. The summed E-state index contributed by atoms with van der Waals surface area (Å²) >= 11 is 6.19. The summed E-state index contributed by atoms with van der Waals surface area (Å²) in [5.74, 6) is -1.26. The van der Waals surface area contributed by atoms with Crippen LogP contribution >= 0.6 is 11.6 Å². The summed E-state index contributed by atoms with van der Waals surface area (Å²) in [5, 5.41) is 16.1. The Morgan fingerprint density at radius 2 is 1.60 bits per heavy atom. The smallest absolute Gasteiger partial charge is 0.416 e. The largest absolute Gasteiger partial charge is 0.481 e. The van der Waals surface area contributed by atoms with Gasteiger partial charge in [0.05, 0.1) is 17.5 Å². The Labute approximate surface area is 247 Å². The van der Waals surface area contributed by atoms with E-state index in [4.69, 9.17) is 16.7 Å². The molecule has 0 aliphatic rings. The number of aromatic nitrogens is 1. The second-order valence-corrected chi connectivity index (χ2v) is 10.6. The normalized spacial score (nSPS) is 11.5. The maximum atomic E-state index is 13.4. The zero-order valence-corrected chi connectivity index (χ0v) is 23.8. The standard InChI is InChI=1S/C32H33ClF3N3O3/c33-25-12-15-29-23(19-25)20-27(39(29)28-9-6-7-24(21-28)32(34,35)36)8-4-2-1-3-5-17-37-26-13-10-22(11-14-26)31(42)38-18-16-30(40)41/h6-7,9-15,19-21,37H,1-5,8,16-18H2,(H,38,42)(H,40,41). The van der Waals surface area contributed by atoms with Gasteiger partial charge in [0.25, 0.3) is 5.91 Å². The Balaban J connectivity index is 1.24. The van der Waals surface area contributed by atoms with Gasteiger partial charge in [-0.15, -0.1) is 0 Å². The number of halogens is 4. The first-order valence-corrected chi connectivity index (χ1v) is 14.3. The number of anilines is 1. The first-order chi connectivity index (χ1) is 20.1. The SMILES string of the molecule is O=C(O)CCNC(=O)c1ccc(NCCCCCCCc2cc3cc(Cl)ccc3n2-c2cccc(C(F)(F)F)c2)cc1. The van der Waals surface area contributed by atoms with Crippen molar-refractivity contribution in [1.29, 1.82) is 0 Å². The van der Waals surface area contributed by atoms with Crippen LogP contribution in [0.5, 0.6) is 0 Å². The Morgan fingerprint density at radius 1 is 0.857 bits per heavy atom. The highest BCUT2D eigenvalue weighted by Crippen LogP contribution is 2.33. The van der Waals surface area contributed by atoms with Gasteiger partial charge in [0.2, 0.25) is 0 Å². The number of carbonyl (C=O) groups excluding carboxylic acids is 1. The van der Waals surface area contributed by atoms with Gasteiger partial charge in [-0.25, -0.2) is 0 Å². The quantitative estimate of drug-likeness (QED) is 0.128. The number of unbranched alkanes of at least 4 members (excludes halogenated alkanes) is 4. The van der Waals surface area contributed by atoms with Crippen LogP contribution in [0.15, 0.2) is 72.8 Å². The van der Waals surface area contributed by atoms with Gasteiger partial charge in [-0.2, -0.15) is 13.2 Å². The third-order valence-corrected chi connectivity index (χ3v) is 7.22. The molecule has 6 nitrogen and oxygen atoms in total. The summed E-state index contributed by atoms with van der Waals surface area (Å²) < 4.78 is 42.1. The molecule has 0 bridgehead atoms. The van der Waals surface area contributed by atoms with Crippen molar-refractivity contribution in [3.8, 4) is 5.69 Å². The number of carboxylic acid groups (broad SMARTS) is 1.